The summed E-state index contributed by atoms with van der Waals surface area (Å²) >= 11 is 0. The number of allylic oxidation sites excluding steroid dienone is 3. The summed E-state index contributed by atoms with van der Waals surface area (Å²) in [5, 5.41) is 0. The number of halogens is 8. The van der Waals surface area contributed by atoms with Crippen molar-refractivity contribution in [1.82, 2.24) is 0 Å². The van der Waals surface area contributed by atoms with Gasteiger partial charge in [0.15, 0.2) is 5.83 Å². The van der Waals surface area contributed by atoms with Gasteiger partial charge in [-0.3, -0.25) is 0 Å². The van der Waals surface area contributed by atoms with Gasteiger partial charge in [-0.05, 0) is 0 Å². The molecule has 0 nitrogen and oxygen atoms in total. The Bertz CT molecular complexity index is 326. The zero-order valence-electron chi connectivity index (χ0n) is 6.02. The largest absolute Gasteiger partial charge is 0.419 e. The number of alkyl halides is 5. The van der Waals surface area contributed by atoms with Crippen molar-refractivity contribution in [3.63, 3.8) is 0 Å². The van der Waals surface area contributed by atoms with Crippen LogP contribution in [0.25, 0.3) is 0 Å². The summed E-state index contributed by atoms with van der Waals surface area (Å²) in [6.07, 6.45) is -8.77. The fourth-order valence-corrected chi connectivity index (χ4v) is 0.950. The molecule has 0 fully saturated rings. The van der Waals surface area contributed by atoms with E-state index in [4.69, 9.17) is 0 Å². The van der Waals surface area contributed by atoms with Gasteiger partial charge in [0.05, 0.1) is 0 Å². The smallest absolute Gasteiger partial charge is 0.204 e. The second kappa shape index (κ2) is 2.71. The maximum absolute atomic E-state index is 12.2. The first-order valence-electron chi connectivity index (χ1n) is 3.01. The van der Waals surface area contributed by atoms with Crippen LogP contribution in [0.5, 0.6) is 0 Å². The van der Waals surface area contributed by atoms with Crippen molar-refractivity contribution in [2.24, 2.45) is 0 Å². The molecule has 0 bridgehead atoms. The van der Waals surface area contributed by atoms with Crippen LogP contribution in [0.4, 0.5) is 35.1 Å². The SMILES string of the molecule is FC(F)=C1C(C(F)(F)F)=C(F)C1(F)F. The van der Waals surface area contributed by atoms with E-state index in [1.807, 2.05) is 0 Å². The normalized spacial score (nSPS) is 21.0. The monoisotopic (exact) mass is 224 g/mol. The summed E-state index contributed by atoms with van der Waals surface area (Å²) in [7, 11) is 0. The molecular weight excluding hydrogens is 224 g/mol. The molecule has 0 N–H and O–H groups in total. The van der Waals surface area contributed by atoms with Crippen LogP contribution >= 0.6 is 0 Å². The van der Waals surface area contributed by atoms with E-state index in [9.17, 15) is 35.1 Å². The molecule has 0 aliphatic heterocycles. The predicted molar refractivity (Wildman–Crippen MR) is 28.4 cm³/mol. The Morgan fingerprint density at radius 1 is 1.07 bits per heavy atom. The third-order valence-corrected chi connectivity index (χ3v) is 1.53. The second-order valence-corrected chi connectivity index (χ2v) is 2.40. The minimum atomic E-state index is -5.54. The van der Waals surface area contributed by atoms with E-state index in [-0.39, 0.29) is 0 Å². The van der Waals surface area contributed by atoms with E-state index in [0.717, 1.165) is 0 Å². The van der Waals surface area contributed by atoms with E-state index < -0.39 is 35.2 Å². The van der Waals surface area contributed by atoms with Crippen LogP contribution in [0.15, 0.2) is 23.1 Å². The Hall–Kier alpha value is -1.08. The Morgan fingerprint density at radius 2 is 1.50 bits per heavy atom. The lowest BCUT2D eigenvalue weighted by atomic mass is 9.86. The average molecular weight is 224 g/mol. The first-order chi connectivity index (χ1) is 6.10. The van der Waals surface area contributed by atoms with Gasteiger partial charge in [0, 0.05) is 0 Å². The van der Waals surface area contributed by atoms with Gasteiger partial charge >= 0.3 is 12.1 Å². The molecule has 8 heteroatoms. The van der Waals surface area contributed by atoms with Crippen molar-refractivity contribution < 1.29 is 35.1 Å². The minimum absolute atomic E-state index is 2.58. The van der Waals surface area contributed by atoms with E-state index >= 15 is 0 Å². The maximum Gasteiger partial charge on any atom is 0.419 e. The average Bonchev–Trinajstić information content (AvgIpc) is 1.95. The number of hydrogen-bond donors (Lipinski definition) is 0. The molecule has 0 amide bonds. The van der Waals surface area contributed by atoms with Crippen molar-refractivity contribution in [3.05, 3.63) is 23.1 Å². The van der Waals surface area contributed by atoms with Gasteiger partial charge in [0.25, 0.3) is 6.08 Å². The first kappa shape index (κ1) is 11.0. The zero-order chi connectivity index (χ0) is 11.3. The molecule has 0 saturated heterocycles. The highest BCUT2D eigenvalue weighted by atomic mass is 19.4. The van der Waals surface area contributed by atoms with Crippen LogP contribution in [-0.4, -0.2) is 12.1 Å². The third-order valence-electron chi connectivity index (χ3n) is 1.53. The fourth-order valence-electron chi connectivity index (χ4n) is 0.950. The molecular formula is C6F8. The lowest BCUT2D eigenvalue weighted by molar-refractivity contribution is -0.111. The van der Waals surface area contributed by atoms with Crippen LogP contribution in [-0.2, 0) is 0 Å². The third kappa shape index (κ3) is 1.28. The van der Waals surface area contributed by atoms with E-state index in [0.29, 0.717) is 0 Å². The van der Waals surface area contributed by atoms with Gasteiger partial charge in [0.1, 0.15) is 11.1 Å². The quantitative estimate of drug-likeness (QED) is 0.551. The summed E-state index contributed by atoms with van der Waals surface area (Å²) in [5.41, 5.74) is -5.16. The molecule has 0 atom stereocenters. The second-order valence-electron chi connectivity index (χ2n) is 2.40. The summed E-state index contributed by atoms with van der Waals surface area (Å²) in [6, 6.07) is 0. The summed E-state index contributed by atoms with van der Waals surface area (Å²) in [4.78, 5) is 0. The molecule has 0 unspecified atom stereocenters. The van der Waals surface area contributed by atoms with E-state index in [1.54, 1.807) is 0 Å². The fraction of sp³-hybridized carbons (Fsp3) is 0.333. The maximum atomic E-state index is 12.2. The number of rotatable bonds is 0. The lowest BCUT2D eigenvalue weighted by Gasteiger charge is -2.31. The molecule has 14 heavy (non-hydrogen) atoms. The molecule has 1 aliphatic rings. The first-order valence-corrected chi connectivity index (χ1v) is 3.01. The van der Waals surface area contributed by atoms with Crippen LogP contribution in [0, 0.1) is 0 Å². The van der Waals surface area contributed by atoms with Gasteiger partial charge in [-0.2, -0.15) is 30.7 Å². The van der Waals surface area contributed by atoms with Crippen molar-refractivity contribution in [2.45, 2.75) is 12.1 Å². The van der Waals surface area contributed by atoms with Gasteiger partial charge in [-0.15, -0.1) is 0 Å². The Kier molecular flexibility index (Phi) is 2.13. The zero-order valence-corrected chi connectivity index (χ0v) is 6.02. The molecule has 0 radical (unpaired) electrons. The number of hydrogen-bond acceptors (Lipinski definition) is 0. The lowest BCUT2D eigenvalue weighted by Crippen LogP contribution is -2.39. The van der Waals surface area contributed by atoms with Crippen molar-refractivity contribution >= 4 is 0 Å². The molecule has 0 heterocycles. The summed E-state index contributed by atoms with van der Waals surface area (Å²) in [6.45, 7) is 0. The molecule has 0 aromatic carbocycles. The van der Waals surface area contributed by atoms with E-state index in [1.165, 1.54) is 0 Å². The van der Waals surface area contributed by atoms with Crippen LogP contribution in [0.2, 0.25) is 0 Å². The molecule has 80 valence electrons. The van der Waals surface area contributed by atoms with Crippen LogP contribution in [0.3, 0.4) is 0 Å². The van der Waals surface area contributed by atoms with Crippen molar-refractivity contribution in [1.29, 1.82) is 0 Å². The molecule has 0 aromatic heterocycles. The molecule has 1 aliphatic carbocycles. The molecule has 0 spiro atoms. The van der Waals surface area contributed by atoms with Gasteiger partial charge in [-0.1, -0.05) is 0 Å². The summed E-state index contributed by atoms with van der Waals surface area (Å²) in [5.74, 6) is -7.70. The van der Waals surface area contributed by atoms with Gasteiger partial charge in [0.2, 0.25) is 0 Å². The van der Waals surface area contributed by atoms with Crippen molar-refractivity contribution in [3.8, 4) is 0 Å². The highest BCUT2D eigenvalue weighted by Gasteiger charge is 2.63. The highest BCUT2D eigenvalue weighted by Crippen LogP contribution is 2.56. The van der Waals surface area contributed by atoms with Crippen LogP contribution < -0.4 is 0 Å². The van der Waals surface area contributed by atoms with Crippen molar-refractivity contribution in [2.75, 3.05) is 0 Å². The topological polar surface area (TPSA) is 0 Å². The molecule has 0 saturated carbocycles. The highest BCUT2D eigenvalue weighted by molar-refractivity contribution is 5.57. The minimum Gasteiger partial charge on any atom is -0.204 e. The molecule has 0 aromatic rings. The van der Waals surface area contributed by atoms with Gasteiger partial charge in [-0.25, -0.2) is 4.39 Å². The van der Waals surface area contributed by atoms with E-state index in [2.05, 4.69) is 0 Å². The summed E-state index contributed by atoms with van der Waals surface area (Å²) < 4.78 is 94.8. The van der Waals surface area contributed by atoms with Gasteiger partial charge < -0.3 is 0 Å². The molecule has 1 rings (SSSR count). The van der Waals surface area contributed by atoms with Crippen LogP contribution in [0.1, 0.15) is 0 Å². The standard InChI is InChI=1S/C6F8/c7-3-1(6(12,13)14)2(4(8)9)5(3,10)11. The Morgan fingerprint density at radius 3 is 1.71 bits per heavy atom. The predicted octanol–water partition coefficient (Wildman–Crippen LogP) is 3.57. The Labute approximate surface area is 71.5 Å². The Balaban J connectivity index is 3.35.